The molecule has 0 spiro atoms. The zero-order chi connectivity index (χ0) is 10.5. The predicted octanol–water partition coefficient (Wildman–Crippen LogP) is -0.00310. The Morgan fingerprint density at radius 1 is 1.14 bits per heavy atom. The maximum absolute atomic E-state index is 11.3. The van der Waals surface area contributed by atoms with Gasteiger partial charge >= 0.3 is 11.9 Å². The summed E-state index contributed by atoms with van der Waals surface area (Å²) in [4.78, 5) is 32.9. The normalized spacial score (nSPS) is 40.1. The molecule has 4 unspecified atom stereocenters. The maximum atomic E-state index is 11.3. The van der Waals surface area contributed by atoms with E-state index >= 15 is 0 Å². The fraction of sp³-hybridized carbons (Fsp3) is 0.667. The fourth-order valence-electron chi connectivity index (χ4n) is 2.80. The number of fused-ring (bicyclic) bond motifs is 2. The SMILES string of the molecule is O=C1CC2CC1C(C(=O)O)C2C(=O)O. The van der Waals surface area contributed by atoms with E-state index in [1.54, 1.807) is 0 Å². The number of carboxylic acid groups (broad SMARTS) is 2. The van der Waals surface area contributed by atoms with E-state index in [1.807, 2.05) is 0 Å². The molecule has 2 N–H and O–H groups in total. The topological polar surface area (TPSA) is 91.7 Å². The van der Waals surface area contributed by atoms with Gasteiger partial charge in [-0.25, -0.2) is 0 Å². The molecule has 4 atom stereocenters. The lowest BCUT2D eigenvalue weighted by Gasteiger charge is -2.23. The Hall–Kier alpha value is -1.39. The molecule has 5 heteroatoms. The van der Waals surface area contributed by atoms with Crippen LogP contribution in [0.1, 0.15) is 12.8 Å². The molecular weight excluding hydrogens is 188 g/mol. The lowest BCUT2D eigenvalue weighted by atomic mass is 9.79. The summed E-state index contributed by atoms with van der Waals surface area (Å²) in [5, 5.41) is 17.7. The van der Waals surface area contributed by atoms with Gasteiger partial charge in [-0.05, 0) is 12.3 Å². The Kier molecular flexibility index (Phi) is 1.83. The molecule has 14 heavy (non-hydrogen) atoms. The Morgan fingerprint density at radius 3 is 2.21 bits per heavy atom. The van der Waals surface area contributed by atoms with Crippen molar-refractivity contribution in [1.82, 2.24) is 0 Å². The van der Waals surface area contributed by atoms with Crippen LogP contribution in [0.2, 0.25) is 0 Å². The monoisotopic (exact) mass is 198 g/mol. The number of ketones is 1. The molecule has 2 aliphatic rings. The van der Waals surface area contributed by atoms with Crippen LogP contribution in [0.4, 0.5) is 0 Å². The van der Waals surface area contributed by atoms with Crippen molar-refractivity contribution < 1.29 is 24.6 Å². The van der Waals surface area contributed by atoms with Crippen molar-refractivity contribution in [2.24, 2.45) is 23.7 Å². The third-order valence-corrected chi connectivity index (χ3v) is 3.33. The van der Waals surface area contributed by atoms with Gasteiger partial charge in [0, 0.05) is 12.3 Å². The molecule has 2 saturated carbocycles. The molecule has 5 nitrogen and oxygen atoms in total. The summed E-state index contributed by atoms with van der Waals surface area (Å²) in [5.41, 5.74) is 0. The molecule has 0 heterocycles. The van der Waals surface area contributed by atoms with Crippen molar-refractivity contribution in [3.8, 4) is 0 Å². The van der Waals surface area contributed by atoms with E-state index in [9.17, 15) is 14.4 Å². The molecule has 0 saturated heterocycles. The smallest absolute Gasteiger partial charge is 0.308 e. The third-order valence-electron chi connectivity index (χ3n) is 3.33. The lowest BCUT2D eigenvalue weighted by Crippen LogP contribution is -2.38. The Morgan fingerprint density at radius 2 is 1.71 bits per heavy atom. The molecule has 0 aliphatic heterocycles. The van der Waals surface area contributed by atoms with E-state index in [2.05, 4.69) is 0 Å². The minimum Gasteiger partial charge on any atom is -0.481 e. The number of rotatable bonds is 2. The minimum atomic E-state index is -1.15. The first-order chi connectivity index (χ1) is 6.52. The van der Waals surface area contributed by atoms with E-state index in [4.69, 9.17) is 10.2 Å². The van der Waals surface area contributed by atoms with E-state index in [1.165, 1.54) is 0 Å². The summed E-state index contributed by atoms with van der Waals surface area (Å²) in [6.45, 7) is 0. The highest BCUT2D eigenvalue weighted by Gasteiger charge is 2.58. The molecule has 0 aromatic heterocycles. The molecular formula is C9H10O5. The molecule has 2 fully saturated rings. The van der Waals surface area contributed by atoms with E-state index in [0.29, 0.717) is 6.42 Å². The van der Waals surface area contributed by atoms with Gasteiger partial charge in [0.2, 0.25) is 0 Å². The summed E-state index contributed by atoms with van der Waals surface area (Å²) in [5.74, 6) is -5.01. The third kappa shape index (κ3) is 1.05. The Balaban J connectivity index is 2.32. The average molecular weight is 198 g/mol. The zero-order valence-corrected chi connectivity index (χ0v) is 7.34. The van der Waals surface area contributed by atoms with Gasteiger partial charge in [0.15, 0.2) is 0 Å². The molecule has 0 radical (unpaired) electrons. The van der Waals surface area contributed by atoms with Gasteiger partial charge in [-0.3, -0.25) is 14.4 Å². The van der Waals surface area contributed by atoms with Crippen LogP contribution in [0.3, 0.4) is 0 Å². The molecule has 2 aliphatic carbocycles. The first-order valence-electron chi connectivity index (χ1n) is 4.50. The van der Waals surface area contributed by atoms with Crippen molar-refractivity contribution in [3.63, 3.8) is 0 Å². The molecule has 2 rings (SSSR count). The number of aliphatic carboxylic acids is 2. The average Bonchev–Trinajstić information content (AvgIpc) is 2.58. The van der Waals surface area contributed by atoms with Gasteiger partial charge in [-0.15, -0.1) is 0 Å². The number of hydrogen-bond donors (Lipinski definition) is 2. The summed E-state index contributed by atoms with van der Waals surface area (Å²) < 4.78 is 0. The fourth-order valence-corrected chi connectivity index (χ4v) is 2.80. The number of Topliss-reactive ketones (excluding diaryl/α,β-unsaturated/α-hetero) is 1. The summed E-state index contributed by atoms with van der Waals surface area (Å²) in [6, 6.07) is 0. The molecule has 0 aromatic rings. The van der Waals surface area contributed by atoms with Crippen LogP contribution >= 0.6 is 0 Å². The zero-order valence-electron chi connectivity index (χ0n) is 7.34. The van der Waals surface area contributed by atoms with Crippen LogP contribution in [0.15, 0.2) is 0 Å². The Bertz CT molecular complexity index is 321. The van der Waals surface area contributed by atoms with Crippen molar-refractivity contribution in [2.45, 2.75) is 12.8 Å². The maximum Gasteiger partial charge on any atom is 0.308 e. The molecule has 2 bridgehead atoms. The van der Waals surface area contributed by atoms with Gasteiger partial charge in [0.25, 0.3) is 0 Å². The molecule has 0 aromatic carbocycles. The number of hydrogen-bond acceptors (Lipinski definition) is 3. The first kappa shape index (κ1) is 9.18. The highest BCUT2D eigenvalue weighted by Crippen LogP contribution is 2.50. The van der Waals surface area contributed by atoms with Crippen LogP contribution < -0.4 is 0 Å². The second kappa shape index (κ2) is 2.80. The molecule has 0 amide bonds. The second-order valence-corrected chi connectivity index (χ2v) is 4.00. The van der Waals surface area contributed by atoms with Crippen LogP contribution in [-0.4, -0.2) is 27.9 Å². The van der Waals surface area contributed by atoms with Crippen LogP contribution in [-0.2, 0) is 14.4 Å². The van der Waals surface area contributed by atoms with E-state index in [0.717, 1.165) is 0 Å². The molecule has 76 valence electrons. The highest BCUT2D eigenvalue weighted by atomic mass is 16.4. The van der Waals surface area contributed by atoms with Gasteiger partial charge in [0.05, 0.1) is 11.8 Å². The summed E-state index contributed by atoms with van der Waals surface area (Å²) in [7, 11) is 0. The lowest BCUT2D eigenvalue weighted by molar-refractivity contribution is -0.158. The first-order valence-corrected chi connectivity index (χ1v) is 4.50. The van der Waals surface area contributed by atoms with Crippen LogP contribution in [0.5, 0.6) is 0 Å². The standard InChI is InChI=1S/C9H10O5/c10-5-2-3-1-4(5)7(9(13)14)6(3)8(11)12/h3-4,6-7H,1-2H2,(H,11,12)(H,13,14). The summed E-state index contributed by atoms with van der Waals surface area (Å²) >= 11 is 0. The largest absolute Gasteiger partial charge is 0.481 e. The van der Waals surface area contributed by atoms with E-state index in [-0.39, 0.29) is 18.1 Å². The highest BCUT2D eigenvalue weighted by molar-refractivity contribution is 5.94. The van der Waals surface area contributed by atoms with Gasteiger partial charge in [0.1, 0.15) is 5.78 Å². The van der Waals surface area contributed by atoms with Gasteiger partial charge in [-0.1, -0.05) is 0 Å². The van der Waals surface area contributed by atoms with Gasteiger partial charge < -0.3 is 10.2 Å². The van der Waals surface area contributed by atoms with Crippen molar-refractivity contribution in [3.05, 3.63) is 0 Å². The number of carbonyl (C=O) groups is 3. The Labute approximate surface area is 79.7 Å². The second-order valence-electron chi connectivity index (χ2n) is 4.00. The van der Waals surface area contributed by atoms with Crippen molar-refractivity contribution >= 4 is 17.7 Å². The summed E-state index contributed by atoms with van der Waals surface area (Å²) in [6.07, 6.45) is 0.679. The number of carbonyl (C=O) groups excluding carboxylic acids is 1. The van der Waals surface area contributed by atoms with Crippen LogP contribution in [0.25, 0.3) is 0 Å². The number of carboxylic acids is 2. The minimum absolute atomic E-state index is 0.0834. The van der Waals surface area contributed by atoms with Gasteiger partial charge in [-0.2, -0.15) is 0 Å². The van der Waals surface area contributed by atoms with E-state index < -0.39 is 29.7 Å². The van der Waals surface area contributed by atoms with Crippen LogP contribution in [0, 0.1) is 23.7 Å². The van der Waals surface area contributed by atoms with Crippen molar-refractivity contribution in [1.29, 1.82) is 0 Å². The quantitative estimate of drug-likeness (QED) is 0.651. The predicted molar refractivity (Wildman–Crippen MR) is 43.5 cm³/mol. The van der Waals surface area contributed by atoms with Crippen molar-refractivity contribution in [2.75, 3.05) is 0 Å².